The molecule has 114 valence electrons. The molecule has 1 fully saturated rings. The average molecular weight is 268 g/mol. The molecule has 0 heterocycles. The van der Waals surface area contributed by atoms with E-state index in [0.29, 0.717) is 5.41 Å². The van der Waals surface area contributed by atoms with E-state index in [9.17, 15) is 0 Å². The van der Waals surface area contributed by atoms with Crippen LogP contribution in [-0.4, -0.2) is 12.6 Å². The van der Waals surface area contributed by atoms with Gasteiger partial charge < -0.3 is 5.32 Å². The van der Waals surface area contributed by atoms with E-state index in [0.717, 1.165) is 12.0 Å². The predicted molar refractivity (Wildman–Crippen MR) is 86.6 cm³/mol. The van der Waals surface area contributed by atoms with Crippen LogP contribution in [0.1, 0.15) is 91.9 Å². The van der Waals surface area contributed by atoms with Crippen LogP contribution in [0, 0.1) is 11.3 Å². The summed E-state index contributed by atoms with van der Waals surface area (Å²) in [5.41, 5.74) is 0.561. The van der Waals surface area contributed by atoms with Gasteiger partial charge in [0.25, 0.3) is 0 Å². The summed E-state index contributed by atoms with van der Waals surface area (Å²) in [6, 6.07) is 0.815. The van der Waals surface area contributed by atoms with E-state index in [1.54, 1.807) is 0 Å². The van der Waals surface area contributed by atoms with Gasteiger partial charge in [0.15, 0.2) is 0 Å². The molecule has 0 aromatic rings. The smallest absolute Gasteiger partial charge is 0.00672 e. The first-order valence-electron chi connectivity index (χ1n) is 8.83. The summed E-state index contributed by atoms with van der Waals surface area (Å²) in [7, 11) is 0. The Balaban J connectivity index is 2.07. The highest BCUT2D eigenvalue weighted by Crippen LogP contribution is 2.40. The van der Waals surface area contributed by atoms with Gasteiger partial charge in [-0.3, -0.25) is 0 Å². The second kappa shape index (κ2) is 9.00. The van der Waals surface area contributed by atoms with Crippen LogP contribution >= 0.6 is 0 Å². The third kappa shape index (κ3) is 6.29. The van der Waals surface area contributed by atoms with Gasteiger partial charge in [-0.15, -0.1) is 0 Å². The molecule has 0 radical (unpaired) electrons. The Bertz CT molecular complexity index is 214. The van der Waals surface area contributed by atoms with Gasteiger partial charge >= 0.3 is 0 Å². The largest absolute Gasteiger partial charge is 0.314 e. The van der Waals surface area contributed by atoms with E-state index in [1.165, 1.54) is 70.8 Å². The van der Waals surface area contributed by atoms with Crippen molar-refractivity contribution in [2.45, 2.75) is 97.9 Å². The Morgan fingerprint density at radius 1 is 0.895 bits per heavy atom. The number of hydrogen-bond donors (Lipinski definition) is 1. The Hall–Kier alpha value is -0.0400. The van der Waals surface area contributed by atoms with E-state index in [2.05, 4.69) is 33.0 Å². The van der Waals surface area contributed by atoms with Crippen LogP contribution in [0.2, 0.25) is 0 Å². The van der Waals surface area contributed by atoms with Gasteiger partial charge in [-0.1, -0.05) is 59.8 Å². The third-order valence-corrected chi connectivity index (χ3v) is 5.46. The van der Waals surface area contributed by atoms with E-state index >= 15 is 0 Å². The van der Waals surface area contributed by atoms with E-state index in [1.807, 2.05) is 0 Å². The Kier molecular flexibility index (Phi) is 8.06. The van der Waals surface area contributed by atoms with Crippen molar-refractivity contribution in [2.75, 3.05) is 6.54 Å². The Morgan fingerprint density at radius 2 is 1.53 bits per heavy atom. The second-order valence-corrected chi connectivity index (χ2v) is 7.26. The highest BCUT2D eigenvalue weighted by molar-refractivity contribution is 4.84. The van der Waals surface area contributed by atoms with Crippen molar-refractivity contribution in [3.8, 4) is 0 Å². The monoisotopic (exact) mass is 267 g/mol. The minimum absolute atomic E-state index is 0.561. The molecule has 1 aliphatic carbocycles. The number of rotatable bonds is 9. The van der Waals surface area contributed by atoms with Crippen molar-refractivity contribution in [1.82, 2.24) is 5.32 Å². The first-order valence-corrected chi connectivity index (χ1v) is 8.83. The lowest BCUT2D eigenvalue weighted by Crippen LogP contribution is -2.37. The van der Waals surface area contributed by atoms with Gasteiger partial charge in [0.1, 0.15) is 0 Å². The van der Waals surface area contributed by atoms with Crippen molar-refractivity contribution >= 4 is 0 Å². The molecule has 1 nitrogen and oxygen atoms in total. The fourth-order valence-corrected chi connectivity index (χ4v) is 3.40. The van der Waals surface area contributed by atoms with E-state index in [4.69, 9.17) is 0 Å². The van der Waals surface area contributed by atoms with Crippen molar-refractivity contribution in [1.29, 1.82) is 0 Å². The van der Waals surface area contributed by atoms with Crippen LogP contribution in [0.3, 0.4) is 0 Å². The zero-order valence-corrected chi connectivity index (χ0v) is 13.9. The lowest BCUT2D eigenvalue weighted by molar-refractivity contribution is 0.137. The van der Waals surface area contributed by atoms with Crippen LogP contribution < -0.4 is 5.32 Å². The summed E-state index contributed by atoms with van der Waals surface area (Å²) in [6.45, 7) is 10.8. The molecule has 0 saturated heterocycles. The summed E-state index contributed by atoms with van der Waals surface area (Å²) < 4.78 is 0. The molecule has 0 bridgehead atoms. The predicted octanol–water partition coefficient (Wildman–Crippen LogP) is 5.54. The lowest BCUT2D eigenvalue weighted by atomic mass is 9.69. The molecule has 0 unspecified atom stereocenters. The average Bonchev–Trinajstić information content (AvgIpc) is 2.43. The maximum atomic E-state index is 3.79. The standard InChI is InChI=1S/C18H37N/c1-5-7-8-9-10-15-19-17-13-11-16(12-14-17)18(3,4)6-2/h16-17,19H,5-15H2,1-4H3. The molecule has 0 aliphatic heterocycles. The van der Waals surface area contributed by atoms with Crippen molar-refractivity contribution < 1.29 is 0 Å². The summed E-state index contributed by atoms with van der Waals surface area (Å²) in [5, 5.41) is 3.79. The van der Waals surface area contributed by atoms with Gasteiger partial charge in [-0.25, -0.2) is 0 Å². The van der Waals surface area contributed by atoms with E-state index in [-0.39, 0.29) is 0 Å². The molecule has 0 spiro atoms. The fraction of sp³-hybridized carbons (Fsp3) is 1.00. The number of unbranched alkanes of at least 4 members (excludes halogenated alkanes) is 4. The molecule has 0 atom stereocenters. The van der Waals surface area contributed by atoms with Crippen molar-refractivity contribution in [3.05, 3.63) is 0 Å². The first-order chi connectivity index (χ1) is 9.10. The van der Waals surface area contributed by atoms with Crippen molar-refractivity contribution in [3.63, 3.8) is 0 Å². The zero-order chi connectivity index (χ0) is 14.1. The first kappa shape index (κ1) is 17.0. The summed E-state index contributed by atoms with van der Waals surface area (Å²) in [5.74, 6) is 0.958. The third-order valence-electron chi connectivity index (χ3n) is 5.46. The molecule has 1 saturated carbocycles. The van der Waals surface area contributed by atoms with Gasteiger partial charge in [0.2, 0.25) is 0 Å². The van der Waals surface area contributed by atoms with Crippen LogP contribution in [0.15, 0.2) is 0 Å². The normalized spacial score (nSPS) is 24.6. The minimum atomic E-state index is 0.561. The molecule has 0 aromatic carbocycles. The topological polar surface area (TPSA) is 12.0 Å². The van der Waals surface area contributed by atoms with Gasteiger partial charge in [-0.05, 0) is 50.0 Å². The lowest BCUT2D eigenvalue weighted by Gasteiger charge is -2.39. The number of nitrogens with one attached hydrogen (secondary N) is 1. The Labute approximate surface area is 121 Å². The second-order valence-electron chi connectivity index (χ2n) is 7.26. The van der Waals surface area contributed by atoms with E-state index < -0.39 is 0 Å². The maximum Gasteiger partial charge on any atom is 0.00672 e. The highest BCUT2D eigenvalue weighted by atomic mass is 14.9. The summed E-state index contributed by atoms with van der Waals surface area (Å²) >= 11 is 0. The quantitative estimate of drug-likeness (QED) is 0.541. The van der Waals surface area contributed by atoms with Gasteiger partial charge in [-0.2, -0.15) is 0 Å². The molecule has 1 rings (SSSR count). The molecule has 1 N–H and O–H groups in total. The van der Waals surface area contributed by atoms with Gasteiger partial charge in [0.05, 0.1) is 0 Å². The SMILES string of the molecule is CCCCCCCNC1CCC(C(C)(C)CC)CC1. The zero-order valence-electron chi connectivity index (χ0n) is 13.9. The maximum absolute atomic E-state index is 3.79. The van der Waals surface area contributed by atoms with Crippen LogP contribution in [0.25, 0.3) is 0 Å². The Morgan fingerprint density at radius 3 is 2.11 bits per heavy atom. The molecule has 1 aliphatic rings. The molecular weight excluding hydrogens is 230 g/mol. The molecule has 1 heteroatoms. The molecule has 0 aromatic heterocycles. The summed E-state index contributed by atoms with van der Waals surface area (Å²) in [4.78, 5) is 0. The molecular formula is C18H37N. The van der Waals surface area contributed by atoms with Crippen molar-refractivity contribution in [2.24, 2.45) is 11.3 Å². The number of hydrogen-bond acceptors (Lipinski definition) is 1. The molecule has 0 amide bonds. The van der Waals surface area contributed by atoms with Crippen LogP contribution in [0.5, 0.6) is 0 Å². The van der Waals surface area contributed by atoms with Crippen LogP contribution in [-0.2, 0) is 0 Å². The summed E-state index contributed by atoms with van der Waals surface area (Å²) in [6.07, 6.45) is 14.0. The minimum Gasteiger partial charge on any atom is -0.314 e. The highest BCUT2D eigenvalue weighted by Gasteiger charge is 2.31. The fourth-order valence-electron chi connectivity index (χ4n) is 3.40. The van der Waals surface area contributed by atoms with Crippen LogP contribution in [0.4, 0.5) is 0 Å². The van der Waals surface area contributed by atoms with Gasteiger partial charge in [0, 0.05) is 6.04 Å². The molecule has 19 heavy (non-hydrogen) atoms.